The average Bonchev–Trinajstić information content (AvgIpc) is 3.42. The van der Waals surface area contributed by atoms with Crippen molar-refractivity contribution in [1.29, 1.82) is 0 Å². The minimum absolute atomic E-state index is 0.0477. The maximum absolute atomic E-state index is 11.8. The summed E-state index contributed by atoms with van der Waals surface area (Å²) in [7, 11) is 0. The minimum Gasteiger partial charge on any atom is -0.493 e. The van der Waals surface area contributed by atoms with Crippen molar-refractivity contribution >= 4 is 46.7 Å². The third kappa shape index (κ3) is 7.57. The van der Waals surface area contributed by atoms with Crippen LogP contribution in [0.4, 0.5) is 0 Å². The van der Waals surface area contributed by atoms with E-state index in [4.69, 9.17) is 21.1 Å². The van der Waals surface area contributed by atoms with E-state index in [1.54, 1.807) is 30.1 Å². The Morgan fingerprint density at radius 1 is 1.48 bits per heavy atom. The van der Waals surface area contributed by atoms with E-state index in [0.29, 0.717) is 28.3 Å². The number of aromatic nitrogens is 1. The summed E-state index contributed by atoms with van der Waals surface area (Å²) in [6.07, 6.45) is 10.6. The molecule has 1 aromatic carbocycles. The number of carbonyl (C=O) groups is 1. The van der Waals surface area contributed by atoms with Crippen LogP contribution >= 0.6 is 34.7 Å². The van der Waals surface area contributed by atoms with Gasteiger partial charge in [0.05, 0.1) is 16.5 Å². The molecule has 5 nitrogen and oxygen atoms in total. The Morgan fingerprint density at radius 3 is 3.03 bits per heavy atom. The van der Waals surface area contributed by atoms with Crippen LogP contribution in [0.25, 0.3) is 6.08 Å². The van der Waals surface area contributed by atoms with Crippen LogP contribution in [0.5, 0.6) is 16.7 Å². The number of ether oxygens (including phenoxy) is 2. The molecule has 8 heteroatoms. The van der Waals surface area contributed by atoms with Crippen LogP contribution in [-0.4, -0.2) is 35.5 Å². The lowest BCUT2D eigenvalue weighted by atomic mass is 10.3. The molecule has 1 heterocycles. The van der Waals surface area contributed by atoms with Crippen LogP contribution in [0.2, 0.25) is 5.02 Å². The molecule has 1 aliphatic carbocycles. The van der Waals surface area contributed by atoms with Gasteiger partial charge >= 0.3 is 0 Å². The Morgan fingerprint density at radius 2 is 2.31 bits per heavy atom. The number of hydrogen-bond donors (Lipinski definition) is 1. The van der Waals surface area contributed by atoms with Gasteiger partial charge in [0.2, 0.25) is 5.91 Å². The van der Waals surface area contributed by atoms with Gasteiger partial charge in [-0.3, -0.25) is 4.79 Å². The van der Waals surface area contributed by atoms with E-state index in [1.165, 1.54) is 24.2 Å². The molecule has 1 aromatic heterocycles. The molecular formula is C21H25ClN2O3S2. The Balaban J connectivity index is 1.51. The number of rotatable bonds is 11. The summed E-state index contributed by atoms with van der Waals surface area (Å²) in [5, 5.41) is 3.95. The predicted molar refractivity (Wildman–Crippen MR) is 121 cm³/mol. The van der Waals surface area contributed by atoms with Crippen LogP contribution in [0, 0.1) is 5.92 Å². The molecule has 1 atom stereocenters. The molecule has 156 valence electrons. The van der Waals surface area contributed by atoms with Gasteiger partial charge in [-0.05, 0) is 50.1 Å². The zero-order valence-corrected chi connectivity index (χ0v) is 18.9. The van der Waals surface area contributed by atoms with E-state index >= 15 is 0 Å². The third-order valence-electron chi connectivity index (χ3n) is 4.26. The summed E-state index contributed by atoms with van der Waals surface area (Å²) < 4.78 is 11.5. The van der Waals surface area contributed by atoms with Crippen molar-refractivity contribution in [3.8, 4) is 16.7 Å². The second-order valence-electron chi connectivity index (χ2n) is 6.94. The smallest absolute Gasteiger partial charge is 0.279 e. The summed E-state index contributed by atoms with van der Waals surface area (Å²) in [4.78, 5) is 17.0. The zero-order valence-electron chi connectivity index (χ0n) is 16.5. The fourth-order valence-electron chi connectivity index (χ4n) is 2.45. The number of thioether (sulfide) groups is 1. The Labute approximate surface area is 184 Å². The minimum atomic E-state index is -0.0477. The number of nitrogens with one attached hydrogen (secondary N) is 1. The standard InChI is InChI=1S/C21H25ClN2O3S2/c1-14(24-20(25)9-10-28-2)3-7-17-12-23-21(29-17)27-19-8-6-16(11-18(19)22)26-13-15-4-5-15/h3,6-8,11-12,14-15H,4-5,9-10,13H2,1-2H3,(H,24,25)/b7-3+/t14-/m0/s1. The van der Waals surface area contributed by atoms with Crippen LogP contribution in [0.1, 0.15) is 31.1 Å². The van der Waals surface area contributed by atoms with E-state index in [1.807, 2.05) is 31.4 Å². The van der Waals surface area contributed by atoms with E-state index in [2.05, 4.69) is 10.3 Å². The Bertz CT molecular complexity index is 852. The SMILES string of the molecule is CSCCC(=O)N[C@@H](C)/C=C/c1cnc(Oc2ccc(OCC3CC3)cc2Cl)s1. The maximum Gasteiger partial charge on any atom is 0.279 e. The third-order valence-corrected chi connectivity index (χ3v) is 6.00. The van der Waals surface area contributed by atoms with Crippen LogP contribution < -0.4 is 14.8 Å². The molecular weight excluding hydrogens is 428 g/mol. The molecule has 0 bridgehead atoms. The first-order chi connectivity index (χ1) is 14.0. The van der Waals surface area contributed by atoms with Crippen LogP contribution in [-0.2, 0) is 4.79 Å². The van der Waals surface area contributed by atoms with Crippen molar-refractivity contribution in [3.63, 3.8) is 0 Å². The molecule has 0 saturated heterocycles. The van der Waals surface area contributed by atoms with Crippen molar-refractivity contribution in [1.82, 2.24) is 10.3 Å². The highest BCUT2D eigenvalue weighted by molar-refractivity contribution is 7.98. The first-order valence-corrected chi connectivity index (χ1v) is 12.1. The highest BCUT2D eigenvalue weighted by Gasteiger charge is 2.22. The summed E-state index contributed by atoms with van der Waals surface area (Å²) in [5.41, 5.74) is 0. The first-order valence-electron chi connectivity index (χ1n) is 9.56. The second-order valence-corrected chi connectivity index (χ2v) is 9.35. The number of nitrogens with zero attached hydrogens (tertiary/aromatic N) is 1. The lowest BCUT2D eigenvalue weighted by Gasteiger charge is -2.09. The van der Waals surface area contributed by atoms with Crippen molar-refractivity contribution in [3.05, 3.63) is 40.4 Å². The van der Waals surface area contributed by atoms with Crippen molar-refractivity contribution in [2.45, 2.75) is 32.2 Å². The summed E-state index contributed by atoms with van der Waals surface area (Å²) in [6, 6.07) is 5.39. The van der Waals surface area contributed by atoms with Gasteiger partial charge in [-0.1, -0.05) is 29.0 Å². The molecule has 1 fully saturated rings. The molecule has 2 aromatic rings. The molecule has 0 unspecified atom stereocenters. The summed E-state index contributed by atoms with van der Waals surface area (Å²) >= 11 is 9.39. The lowest BCUT2D eigenvalue weighted by Crippen LogP contribution is -2.31. The van der Waals surface area contributed by atoms with E-state index in [0.717, 1.165) is 23.0 Å². The van der Waals surface area contributed by atoms with E-state index < -0.39 is 0 Å². The number of halogens is 1. The Hall–Kier alpha value is -1.70. The van der Waals surface area contributed by atoms with Crippen molar-refractivity contribution < 1.29 is 14.3 Å². The van der Waals surface area contributed by atoms with Gasteiger partial charge in [-0.15, -0.1) is 0 Å². The second kappa shape index (κ2) is 10.9. The highest BCUT2D eigenvalue weighted by atomic mass is 35.5. The monoisotopic (exact) mass is 452 g/mol. The molecule has 1 N–H and O–H groups in total. The molecule has 1 amide bonds. The topological polar surface area (TPSA) is 60.5 Å². The quantitative estimate of drug-likeness (QED) is 0.477. The zero-order chi connectivity index (χ0) is 20.6. The largest absolute Gasteiger partial charge is 0.493 e. The lowest BCUT2D eigenvalue weighted by molar-refractivity contribution is -0.120. The van der Waals surface area contributed by atoms with Gasteiger partial charge in [0.15, 0.2) is 0 Å². The first kappa shape index (κ1) is 22.0. The summed E-state index contributed by atoms with van der Waals surface area (Å²) in [6.45, 7) is 2.69. The van der Waals surface area contributed by atoms with Gasteiger partial charge in [0.25, 0.3) is 5.19 Å². The fraction of sp³-hybridized carbons (Fsp3) is 0.429. The average molecular weight is 453 g/mol. The van der Waals surface area contributed by atoms with Gasteiger partial charge in [-0.25, -0.2) is 4.98 Å². The van der Waals surface area contributed by atoms with Crippen molar-refractivity contribution in [2.24, 2.45) is 5.92 Å². The molecule has 0 radical (unpaired) electrons. The van der Waals surface area contributed by atoms with Gasteiger partial charge in [0, 0.05) is 30.5 Å². The molecule has 0 spiro atoms. The number of hydrogen-bond acceptors (Lipinski definition) is 6. The highest BCUT2D eigenvalue weighted by Crippen LogP contribution is 2.35. The number of carbonyl (C=O) groups excluding carboxylic acids is 1. The predicted octanol–water partition coefficient (Wildman–Crippen LogP) is 5.65. The number of benzene rings is 1. The molecule has 0 aliphatic heterocycles. The van der Waals surface area contributed by atoms with Crippen molar-refractivity contribution in [2.75, 3.05) is 18.6 Å². The normalized spacial score (nSPS) is 14.7. The van der Waals surface area contributed by atoms with Gasteiger partial charge in [-0.2, -0.15) is 11.8 Å². The maximum atomic E-state index is 11.8. The van der Waals surface area contributed by atoms with Gasteiger partial charge < -0.3 is 14.8 Å². The summed E-state index contributed by atoms with van der Waals surface area (Å²) in [5.74, 6) is 2.88. The Kier molecular flexibility index (Phi) is 8.27. The number of thiazole rings is 1. The fourth-order valence-corrected chi connectivity index (χ4v) is 3.74. The molecule has 29 heavy (non-hydrogen) atoms. The molecule has 3 rings (SSSR count). The van der Waals surface area contributed by atoms with Crippen LogP contribution in [0.3, 0.4) is 0 Å². The van der Waals surface area contributed by atoms with E-state index in [9.17, 15) is 4.79 Å². The van der Waals surface area contributed by atoms with E-state index in [-0.39, 0.29) is 11.9 Å². The van der Waals surface area contributed by atoms with Gasteiger partial charge in [0.1, 0.15) is 11.5 Å². The number of amides is 1. The van der Waals surface area contributed by atoms with Crippen LogP contribution in [0.15, 0.2) is 30.5 Å². The molecule has 1 saturated carbocycles. The molecule has 1 aliphatic rings.